The maximum atomic E-state index is 11.0. The summed E-state index contributed by atoms with van der Waals surface area (Å²) in [6.07, 6.45) is 1.48. The van der Waals surface area contributed by atoms with E-state index in [0.717, 1.165) is 6.42 Å². The van der Waals surface area contributed by atoms with E-state index in [1.54, 1.807) is 0 Å². The predicted molar refractivity (Wildman–Crippen MR) is 66.3 cm³/mol. The van der Waals surface area contributed by atoms with Gasteiger partial charge in [0, 0.05) is 9.99 Å². The Morgan fingerprint density at radius 2 is 1.92 bits per heavy atom. The molecule has 1 nitrogen and oxygen atoms in total. The largest absolute Gasteiger partial charge is 0.299 e. The van der Waals surface area contributed by atoms with E-state index in [4.69, 9.17) is 0 Å². The number of hydrogen-bond donors (Lipinski definition) is 0. The van der Waals surface area contributed by atoms with Gasteiger partial charge in [0.05, 0.1) is 5.33 Å². The van der Waals surface area contributed by atoms with E-state index in [-0.39, 0.29) is 5.78 Å². The Bertz CT molecular complexity index is 281. The van der Waals surface area contributed by atoms with E-state index in [1.807, 2.05) is 0 Å². The summed E-state index contributed by atoms with van der Waals surface area (Å²) in [6, 6.07) is 8.27. The van der Waals surface area contributed by atoms with Gasteiger partial charge in [0.2, 0.25) is 0 Å². The number of halogens is 2. The zero-order chi connectivity index (χ0) is 9.68. The minimum Gasteiger partial charge on any atom is -0.299 e. The number of aryl methyl sites for hydroxylation is 1. The van der Waals surface area contributed by atoms with Crippen LogP contribution in [0.4, 0.5) is 0 Å². The molecule has 1 aromatic carbocycles. The Labute approximate surface area is 100 Å². The summed E-state index contributed by atoms with van der Waals surface area (Å²) in [4.78, 5) is 11.0. The summed E-state index contributed by atoms with van der Waals surface area (Å²) >= 11 is 5.42. The van der Waals surface area contributed by atoms with Crippen LogP contribution in [0.15, 0.2) is 24.3 Å². The Morgan fingerprint density at radius 3 is 2.46 bits per heavy atom. The van der Waals surface area contributed by atoms with Crippen molar-refractivity contribution in [2.45, 2.75) is 12.8 Å². The van der Waals surface area contributed by atoms with Gasteiger partial charge in [-0.2, -0.15) is 0 Å². The number of ketones is 1. The molecule has 0 saturated heterocycles. The first-order valence-electron chi connectivity index (χ1n) is 4.04. The summed E-state index contributed by atoms with van der Waals surface area (Å²) in [5.41, 5.74) is 1.23. The highest BCUT2D eigenvalue weighted by atomic mass is 127. The van der Waals surface area contributed by atoms with Crippen molar-refractivity contribution in [3.63, 3.8) is 0 Å². The predicted octanol–water partition coefficient (Wildman–Crippen LogP) is 3.19. The van der Waals surface area contributed by atoms with Crippen molar-refractivity contribution >= 4 is 44.3 Å². The van der Waals surface area contributed by atoms with Gasteiger partial charge in [-0.1, -0.05) is 28.1 Å². The molecule has 0 unspecified atom stereocenters. The van der Waals surface area contributed by atoms with Crippen LogP contribution in [0.3, 0.4) is 0 Å². The van der Waals surface area contributed by atoms with Gasteiger partial charge in [-0.3, -0.25) is 4.79 Å². The van der Waals surface area contributed by atoms with Gasteiger partial charge in [0.15, 0.2) is 0 Å². The van der Waals surface area contributed by atoms with Crippen molar-refractivity contribution in [3.05, 3.63) is 33.4 Å². The van der Waals surface area contributed by atoms with Gasteiger partial charge in [0.1, 0.15) is 5.78 Å². The molecule has 0 radical (unpaired) electrons. The van der Waals surface area contributed by atoms with E-state index < -0.39 is 0 Å². The Morgan fingerprint density at radius 1 is 1.31 bits per heavy atom. The lowest BCUT2D eigenvalue weighted by Crippen LogP contribution is -2.00. The number of carbonyl (C=O) groups excluding carboxylic acids is 1. The third kappa shape index (κ3) is 4.22. The van der Waals surface area contributed by atoms with Crippen molar-refractivity contribution < 1.29 is 4.79 Å². The third-order valence-corrected chi connectivity index (χ3v) is 3.10. The molecule has 70 valence electrons. The summed E-state index contributed by atoms with van der Waals surface area (Å²) in [5, 5.41) is 0.470. The Kier molecular flexibility index (Phi) is 4.94. The highest BCUT2D eigenvalue weighted by molar-refractivity contribution is 14.1. The lowest BCUT2D eigenvalue weighted by Gasteiger charge is -1.99. The number of benzene rings is 1. The van der Waals surface area contributed by atoms with Crippen molar-refractivity contribution in [1.29, 1.82) is 0 Å². The van der Waals surface area contributed by atoms with Crippen LogP contribution >= 0.6 is 38.5 Å². The van der Waals surface area contributed by atoms with Crippen LogP contribution in [0.25, 0.3) is 0 Å². The molecule has 0 spiro atoms. The van der Waals surface area contributed by atoms with Crippen LogP contribution < -0.4 is 0 Å². The van der Waals surface area contributed by atoms with Crippen LogP contribution in [0.5, 0.6) is 0 Å². The molecule has 0 fully saturated rings. The monoisotopic (exact) mass is 352 g/mol. The number of carbonyl (C=O) groups is 1. The fourth-order valence-electron chi connectivity index (χ4n) is 1.00. The highest BCUT2D eigenvalue weighted by Gasteiger charge is 1.99. The van der Waals surface area contributed by atoms with E-state index in [0.29, 0.717) is 11.8 Å². The fourth-order valence-corrected chi connectivity index (χ4v) is 1.64. The van der Waals surface area contributed by atoms with E-state index in [2.05, 4.69) is 62.8 Å². The first-order valence-corrected chi connectivity index (χ1v) is 6.24. The second-order valence-corrected chi connectivity index (χ2v) is 4.61. The molecule has 1 aromatic rings. The molecule has 3 heteroatoms. The first-order chi connectivity index (χ1) is 6.22. The molecular formula is C10H10BrIO. The summed E-state index contributed by atoms with van der Waals surface area (Å²) < 4.78 is 1.23. The molecule has 0 heterocycles. The average molecular weight is 353 g/mol. The summed E-state index contributed by atoms with van der Waals surface area (Å²) in [6.45, 7) is 0. The molecule has 0 atom stereocenters. The zero-order valence-electron chi connectivity index (χ0n) is 7.09. The lowest BCUT2D eigenvalue weighted by atomic mass is 10.1. The number of hydrogen-bond acceptors (Lipinski definition) is 1. The minimum atomic E-state index is 0.263. The van der Waals surface area contributed by atoms with Crippen molar-refractivity contribution in [1.82, 2.24) is 0 Å². The average Bonchev–Trinajstić information content (AvgIpc) is 2.16. The maximum Gasteiger partial charge on any atom is 0.143 e. The van der Waals surface area contributed by atoms with Gasteiger partial charge in [-0.15, -0.1) is 0 Å². The normalized spacial score (nSPS) is 10.0. The Hall–Kier alpha value is 0.1000. The standard InChI is InChI=1S/C10H10BrIO/c11-7-10(13)6-3-8-1-4-9(12)5-2-8/h1-2,4-5H,3,6-7H2. The van der Waals surface area contributed by atoms with Gasteiger partial charge >= 0.3 is 0 Å². The van der Waals surface area contributed by atoms with Crippen molar-refractivity contribution in [2.75, 3.05) is 5.33 Å². The van der Waals surface area contributed by atoms with Gasteiger partial charge in [-0.25, -0.2) is 0 Å². The molecule has 0 N–H and O–H groups in total. The number of alkyl halides is 1. The van der Waals surface area contributed by atoms with Crippen LogP contribution in [0.1, 0.15) is 12.0 Å². The second-order valence-electron chi connectivity index (χ2n) is 2.80. The summed E-state index contributed by atoms with van der Waals surface area (Å²) in [7, 11) is 0. The lowest BCUT2D eigenvalue weighted by molar-refractivity contribution is -0.116. The van der Waals surface area contributed by atoms with Crippen LogP contribution in [-0.2, 0) is 11.2 Å². The van der Waals surface area contributed by atoms with Crippen molar-refractivity contribution in [3.8, 4) is 0 Å². The minimum absolute atomic E-state index is 0.263. The molecule has 0 saturated carbocycles. The van der Waals surface area contributed by atoms with Gasteiger partial charge in [-0.05, 0) is 46.7 Å². The molecule has 0 aliphatic rings. The first kappa shape index (κ1) is 11.2. The molecular weight excluding hydrogens is 343 g/mol. The molecule has 0 bridgehead atoms. The summed E-state index contributed by atoms with van der Waals surface area (Å²) in [5.74, 6) is 0.263. The van der Waals surface area contributed by atoms with Crippen LogP contribution in [0, 0.1) is 3.57 Å². The number of rotatable bonds is 4. The van der Waals surface area contributed by atoms with Gasteiger partial charge < -0.3 is 0 Å². The van der Waals surface area contributed by atoms with Gasteiger partial charge in [0.25, 0.3) is 0 Å². The second kappa shape index (κ2) is 5.75. The van der Waals surface area contributed by atoms with E-state index in [9.17, 15) is 4.79 Å². The molecule has 0 aromatic heterocycles. The van der Waals surface area contributed by atoms with Crippen LogP contribution in [0.2, 0.25) is 0 Å². The highest BCUT2D eigenvalue weighted by Crippen LogP contribution is 2.08. The molecule has 1 rings (SSSR count). The quantitative estimate of drug-likeness (QED) is 0.600. The smallest absolute Gasteiger partial charge is 0.143 e. The SMILES string of the molecule is O=C(CBr)CCc1ccc(I)cc1. The van der Waals surface area contributed by atoms with Crippen molar-refractivity contribution in [2.24, 2.45) is 0 Å². The molecule has 0 aliphatic carbocycles. The third-order valence-electron chi connectivity index (χ3n) is 1.75. The molecule has 0 aliphatic heterocycles. The zero-order valence-corrected chi connectivity index (χ0v) is 10.8. The Balaban J connectivity index is 2.46. The fraction of sp³-hybridized carbons (Fsp3) is 0.300. The maximum absolute atomic E-state index is 11.0. The van der Waals surface area contributed by atoms with E-state index >= 15 is 0 Å². The molecule has 0 amide bonds. The number of Topliss-reactive ketones (excluding diaryl/α,β-unsaturated/α-hetero) is 1. The molecule has 13 heavy (non-hydrogen) atoms. The van der Waals surface area contributed by atoms with Crippen LogP contribution in [-0.4, -0.2) is 11.1 Å². The topological polar surface area (TPSA) is 17.1 Å². The van der Waals surface area contributed by atoms with E-state index in [1.165, 1.54) is 9.13 Å².